The van der Waals surface area contributed by atoms with Gasteiger partial charge in [0.15, 0.2) is 5.17 Å². The molecule has 0 saturated carbocycles. The highest BCUT2D eigenvalue weighted by Gasteiger charge is 2.32. The van der Waals surface area contributed by atoms with E-state index in [2.05, 4.69) is 10.3 Å². The van der Waals surface area contributed by atoms with Gasteiger partial charge in [0, 0.05) is 11.1 Å². The smallest absolute Gasteiger partial charge is 0.283 e. The van der Waals surface area contributed by atoms with E-state index >= 15 is 0 Å². The summed E-state index contributed by atoms with van der Waals surface area (Å²) in [7, 11) is 1.60. The van der Waals surface area contributed by atoms with Crippen LogP contribution in [0.15, 0.2) is 59.2 Å². The van der Waals surface area contributed by atoms with Crippen LogP contribution in [0.3, 0.4) is 0 Å². The normalized spacial score (nSPS) is 15.7. The maximum atomic E-state index is 13.2. The number of hydrogen-bond donors (Lipinski definition) is 1. The monoisotopic (exact) mass is 457 g/mol. The van der Waals surface area contributed by atoms with Crippen LogP contribution in [0.25, 0.3) is 6.08 Å². The van der Waals surface area contributed by atoms with E-state index in [4.69, 9.17) is 16.3 Å². The lowest BCUT2D eigenvalue weighted by Gasteiger charge is -2.18. The van der Waals surface area contributed by atoms with Crippen molar-refractivity contribution in [3.05, 3.63) is 64.8 Å². The highest BCUT2D eigenvalue weighted by molar-refractivity contribution is 8.14. The lowest BCUT2D eigenvalue weighted by atomic mass is 10.2. The minimum Gasteiger partial charge on any atom is -0.497 e. The number of carbonyl (C=O) groups is 2. The number of aliphatic imine (C=N–C) groups is 1. The highest BCUT2D eigenvalue weighted by atomic mass is 35.5. The van der Waals surface area contributed by atoms with Crippen LogP contribution in [-0.4, -0.2) is 35.9 Å². The predicted octanol–water partition coefficient (Wildman–Crippen LogP) is 4.74. The number of amidine groups is 1. The summed E-state index contributed by atoms with van der Waals surface area (Å²) in [6.45, 7) is 3.96. The molecule has 2 amide bonds. The second-order valence-electron chi connectivity index (χ2n) is 6.98. The average Bonchev–Trinajstić information content (AvgIpc) is 3.08. The number of thioether (sulfide) groups is 1. The average molecular weight is 458 g/mol. The molecule has 0 aliphatic carbocycles. The molecule has 0 spiro atoms. The molecule has 2 aromatic rings. The van der Waals surface area contributed by atoms with Crippen molar-refractivity contribution < 1.29 is 14.3 Å². The molecule has 0 aromatic heterocycles. The van der Waals surface area contributed by atoms with Crippen molar-refractivity contribution in [3.8, 4) is 5.75 Å². The van der Waals surface area contributed by atoms with Crippen molar-refractivity contribution in [2.24, 2.45) is 4.99 Å². The van der Waals surface area contributed by atoms with Gasteiger partial charge in [-0.15, -0.1) is 0 Å². The third kappa shape index (κ3) is 5.89. The van der Waals surface area contributed by atoms with Crippen LogP contribution in [0.4, 0.5) is 5.69 Å². The Bertz CT molecular complexity index is 1000. The first-order valence-electron chi connectivity index (χ1n) is 9.88. The quantitative estimate of drug-likeness (QED) is 0.609. The van der Waals surface area contributed by atoms with Crippen LogP contribution in [0, 0.1) is 0 Å². The summed E-state index contributed by atoms with van der Waals surface area (Å²) in [6, 6.07) is 14.4. The first-order valence-corrected chi connectivity index (χ1v) is 11.2. The van der Waals surface area contributed by atoms with Gasteiger partial charge in [0.25, 0.3) is 5.91 Å². The molecule has 1 unspecified atom stereocenters. The highest BCUT2D eigenvalue weighted by Crippen LogP contribution is 2.30. The topological polar surface area (TPSA) is 71.0 Å². The van der Waals surface area contributed by atoms with Crippen molar-refractivity contribution in [1.29, 1.82) is 0 Å². The molecule has 2 aromatic carbocycles. The molecule has 8 heteroatoms. The second kappa shape index (κ2) is 10.5. The van der Waals surface area contributed by atoms with Crippen LogP contribution >= 0.6 is 23.4 Å². The van der Waals surface area contributed by atoms with Gasteiger partial charge in [-0.25, -0.2) is 4.99 Å². The molecule has 1 heterocycles. The zero-order valence-corrected chi connectivity index (χ0v) is 19.2. The number of benzene rings is 2. The number of ether oxygens (including phenoxy) is 1. The Morgan fingerprint density at radius 2 is 1.90 bits per heavy atom. The number of amides is 2. The van der Waals surface area contributed by atoms with Crippen LogP contribution in [0.1, 0.15) is 25.8 Å². The summed E-state index contributed by atoms with van der Waals surface area (Å²) in [5.74, 6) is 0.534. The van der Waals surface area contributed by atoms with E-state index in [0.717, 1.165) is 17.7 Å². The van der Waals surface area contributed by atoms with E-state index in [1.165, 1.54) is 16.7 Å². The summed E-state index contributed by atoms with van der Waals surface area (Å²) >= 11 is 7.23. The Hall–Kier alpha value is -2.77. The van der Waals surface area contributed by atoms with Crippen molar-refractivity contribution in [2.75, 3.05) is 17.8 Å². The van der Waals surface area contributed by atoms with Gasteiger partial charge in [0.05, 0.1) is 18.6 Å². The molecule has 31 heavy (non-hydrogen) atoms. The third-order valence-electron chi connectivity index (χ3n) is 4.69. The maximum Gasteiger partial charge on any atom is 0.283 e. The number of anilines is 1. The SMILES string of the molecule is CCC(C)NC(=O)CSC1=NC(=Cc2ccc(OC)cc2)C(=O)N1c1ccc(Cl)cc1. The van der Waals surface area contributed by atoms with Crippen LogP contribution in [0.5, 0.6) is 5.75 Å². The third-order valence-corrected chi connectivity index (χ3v) is 5.88. The van der Waals surface area contributed by atoms with E-state index < -0.39 is 0 Å². The summed E-state index contributed by atoms with van der Waals surface area (Å²) in [6.07, 6.45) is 2.57. The number of nitrogens with zero attached hydrogens (tertiary/aromatic N) is 2. The van der Waals surface area contributed by atoms with Gasteiger partial charge in [-0.05, 0) is 61.4 Å². The number of nitrogens with one attached hydrogen (secondary N) is 1. The van der Waals surface area contributed by atoms with Crippen LogP contribution in [0.2, 0.25) is 5.02 Å². The fourth-order valence-electron chi connectivity index (χ4n) is 2.82. The first-order chi connectivity index (χ1) is 14.9. The largest absolute Gasteiger partial charge is 0.497 e. The van der Waals surface area contributed by atoms with Gasteiger partial charge in [-0.3, -0.25) is 14.5 Å². The van der Waals surface area contributed by atoms with Crippen molar-refractivity contribution in [1.82, 2.24) is 5.32 Å². The summed E-state index contributed by atoms with van der Waals surface area (Å²) in [4.78, 5) is 31.4. The molecule has 1 aliphatic heterocycles. The minimum absolute atomic E-state index is 0.0955. The number of hydrogen-bond acceptors (Lipinski definition) is 5. The molecule has 0 bridgehead atoms. The Morgan fingerprint density at radius 3 is 2.52 bits per heavy atom. The van der Waals surface area contributed by atoms with Gasteiger partial charge in [-0.1, -0.05) is 42.4 Å². The van der Waals surface area contributed by atoms with Gasteiger partial charge in [-0.2, -0.15) is 0 Å². The molecule has 0 fully saturated rings. The molecule has 0 saturated heterocycles. The Labute approximate surface area is 191 Å². The van der Waals surface area contributed by atoms with Gasteiger partial charge >= 0.3 is 0 Å². The second-order valence-corrected chi connectivity index (χ2v) is 8.36. The molecule has 1 atom stereocenters. The van der Waals surface area contributed by atoms with Gasteiger partial charge in [0.2, 0.25) is 5.91 Å². The Morgan fingerprint density at radius 1 is 1.23 bits per heavy atom. The van der Waals surface area contributed by atoms with Crippen molar-refractivity contribution in [3.63, 3.8) is 0 Å². The van der Waals surface area contributed by atoms with Crippen molar-refractivity contribution >= 4 is 52.1 Å². The van der Waals surface area contributed by atoms with E-state index in [9.17, 15) is 9.59 Å². The lowest BCUT2D eigenvalue weighted by molar-refractivity contribution is -0.119. The zero-order chi connectivity index (χ0) is 22.4. The van der Waals surface area contributed by atoms with E-state index in [1.54, 1.807) is 37.5 Å². The summed E-state index contributed by atoms with van der Waals surface area (Å²) < 4.78 is 5.18. The number of halogens is 1. The number of methoxy groups -OCH3 is 1. The predicted molar refractivity (Wildman–Crippen MR) is 128 cm³/mol. The summed E-state index contributed by atoms with van der Waals surface area (Å²) in [5.41, 5.74) is 1.76. The molecular formula is C23H24ClN3O3S. The minimum atomic E-state index is -0.261. The van der Waals surface area contributed by atoms with Crippen LogP contribution < -0.4 is 15.0 Å². The molecule has 1 N–H and O–H groups in total. The molecule has 6 nitrogen and oxygen atoms in total. The summed E-state index contributed by atoms with van der Waals surface area (Å²) in [5, 5.41) is 3.95. The van der Waals surface area contributed by atoms with Gasteiger partial charge < -0.3 is 10.1 Å². The molecule has 1 aliphatic rings. The van der Waals surface area contributed by atoms with Crippen molar-refractivity contribution in [2.45, 2.75) is 26.3 Å². The zero-order valence-electron chi connectivity index (χ0n) is 17.6. The maximum absolute atomic E-state index is 13.2. The Kier molecular flexibility index (Phi) is 7.76. The standard InChI is InChI=1S/C23H24ClN3O3S/c1-4-15(2)25-21(28)14-31-23-26-20(13-16-5-11-19(30-3)12-6-16)22(29)27(23)18-9-7-17(24)8-10-18/h5-13,15H,4,14H2,1-3H3,(H,25,28). The van der Waals surface area contributed by atoms with E-state index in [0.29, 0.717) is 21.6 Å². The van der Waals surface area contributed by atoms with E-state index in [1.807, 2.05) is 38.1 Å². The van der Waals surface area contributed by atoms with Gasteiger partial charge in [0.1, 0.15) is 11.4 Å². The number of rotatable bonds is 7. The molecule has 3 rings (SSSR count). The fourth-order valence-corrected chi connectivity index (χ4v) is 3.77. The fraction of sp³-hybridized carbons (Fsp3) is 0.261. The Balaban J connectivity index is 1.86. The first kappa shape index (κ1) is 22.9. The molecule has 0 radical (unpaired) electrons. The molecular weight excluding hydrogens is 434 g/mol. The van der Waals surface area contributed by atoms with E-state index in [-0.39, 0.29) is 23.6 Å². The molecule has 162 valence electrons. The van der Waals surface area contributed by atoms with Crippen LogP contribution in [-0.2, 0) is 9.59 Å². The lowest BCUT2D eigenvalue weighted by Crippen LogP contribution is -2.35. The number of carbonyl (C=O) groups excluding carboxylic acids is 2.